The van der Waals surface area contributed by atoms with Crippen molar-refractivity contribution in [1.82, 2.24) is 10.2 Å². The fourth-order valence-corrected chi connectivity index (χ4v) is 2.58. The summed E-state index contributed by atoms with van der Waals surface area (Å²) in [7, 11) is 0. The molecular formula is C13H12BrF2N3O. The largest absolute Gasteiger partial charge is 0.423 e. The molecule has 0 unspecified atom stereocenters. The van der Waals surface area contributed by atoms with E-state index in [-0.39, 0.29) is 12.2 Å². The van der Waals surface area contributed by atoms with Gasteiger partial charge >= 0.3 is 0 Å². The van der Waals surface area contributed by atoms with E-state index < -0.39 is 11.6 Å². The Morgan fingerprint density at radius 3 is 2.75 bits per heavy atom. The summed E-state index contributed by atoms with van der Waals surface area (Å²) in [5, 5.41) is 10.7. The lowest BCUT2D eigenvalue weighted by atomic mass is 9.85. The van der Waals surface area contributed by atoms with Gasteiger partial charge in [0.2, 0.25) is 11.8 Å². The van der Waals surface area contributed by atoms with Crippen molar-refractivity contribution in [2.75, 3.05) is 5.32 Å². The summed E-state index contributed by atoms with van der Waals surface area (Å²) in [5.74, 6) is 0.0975. The molecule has 0 radical (unpaired) electrons. The number of benzene rings is 1. The number of aromatic nitrogens is 2. The van der Waals surface area contributed by atoms with Gasteiger partial charge in [0, 0.05) is 16.5 Å². The highest BCUT2D eigenvalue weighted by Gasteiger charge is 2.25. The highest BCUT2D eigenvalue weighted by molar-refractivity contribution is 9.10. The molecular weight excluding hydrogens is 332 g/mol. The van der Waals surface area contributed by atoms with Crippen LogP contribution in [0.5, 0.6) is 0 Å². The first-order valence-electron chi connectivity index (χ1n) is 6.34. The molecule has 0 spiro atoms. The maximum absolute atomic E-state index is 13.6. The standard InChI is InChI=1S/C13H12BrF2N3O/c14-9-4-8(15)5-10(16)12(9)17-6-11-18-19-13(20-11)7-2-1-3-7/h4-5,7,17H,1-3,6H2. The van der Waals surface area contributed by atoms with Crippen molar-refractivity contribution >= 4 is 21.6 Å². The third kappa shape index (κ3) is 2.67. The Balaban J connectivity index is 1.68. The average Bonchev–Trinajstić information content (AvgIpc) is 2.73. The summed E-state index contributed by atoms with van der Waals surface area (Å²) in [4.78, 5) is 0. The predicted octanol–water partition coefficient (Wildman–Crippen LogP) is 3.99. The topological polar surface area (TPSA) is 51.0 Å². The molecule has 1 fully saturated rings. The van der Waals surface area contributed by atoms with Gasteiger partial charge in [-0.15, -0.1) is 10.2 Å². The summed E-state index contributed by atoms with van der Waals surface area (Å²) < 4.78 is 32.4. The molecule has 20 heavy (non-hydrogen) atoms. The van der Waals surface area contributed by atoms with Crippen LogP contribution < -0.4 is 5.32 Å². The fourth-order valence-electron chi connectivity index (χ4n) is 2.03. The number of hydrogen-bond acceptors (Lipinski definition) is 4. The Kier molecular flexibility index (Phi) is 3.69. The number of nitrogens with one attached hydrogen (secondary N) is 1. The van der Waals surface area contributed by atoms with E-state index in [9.17, 15) is 8.78 Å². The summed E-state index contributed by atoms with van der Waals surface area (Å²) in [5.41, 5.74) is 0.176. The number of rotatable bonds is 4. The molecule has 1 N–H and O–H groups in total. The van der Waals surface area contributed by atoms with Crippen LogP contribution >= 0.6 is 15.9 Å². The van der Waals surface area contributed by atoms with Gasteiger partial charge in [0.25, 0.3) is 0 Å². The van der Waals surface area contributed by atoms with Crippen LogP contribution in [0, 0.1) is 11.6 Å². The van der Waals surface area contributed by atoms with Crippen LogP contribution in [0.2, 0.25) is 0 Å². The first kappa shape index (κ1) is 13.5. The number of hydrogen-bond donors (Lipinski definition) is 1. The van der Waals surface area contributed by atoms with E-state index in [1.807, 2.05) is 0 Å². The van der Waals surface area contributed by atoms with Crippen molar-refractivity contribution in [3.63, 3.8) is 0 Å². The second-order valence-electron chi connectivity index (χ2n) is 4.76. The average molecular weight is 344 g/mol. The van der Waals surface area contributed by atoms with Gasteiger partial charge in [-0.3, -0.25) is 0 Å². The third-order valence-corrected chi connectivity index (χ3v) is 3.99. The lowest BCUT2D eigenvalue weighted by Crippen LogP contribution is -2.08. The molecule has 106 valence electrons. The van der Waals surface area contributed by atoms with Gasteiger partial charge in [-0.1, -0.05) is 6.42 Å². The van der Waals surface area contributed by atoms with Gasteiger partial charge in [0.15, 0.2) is 0 Å². The molecule has 4 nitrogen and oxygen atoms in total. The second kappa shape index (κ2) is 5.47. The Morgan fingerprint density at radius 1 is 1.30 bits per heavy atom. The third-order valence-electron chi connectivity index (χ3n) is 3.36. The monoisotopic (exact) mass is 343 g/mol. The molecule has 0 amide bonds. The van der Waals surface area contributed by atoms with Gasteiger partial charge in [-0.25, -0.2) is 8.78 Å². The van der Waals surface area contributed by atoms with Crippen LogP contribution in [0.15, 0.2) is 21.0 Å². The molecule has 1 aromatic carbocycles. The van der Waals surface area contributed by atoms with Crippen molar-refractivity contribution in [3.8, 4) is 0 Å². The highest BCUT2D eigenvalue weighted by atomic mass is 79.9. The van der Waals surface area contributed by atoms with Crippen LogP contribution in [-0.2, 0) is 6.54 Å². The van der Waals surface area contributed by atoms with Crippen molar-refractivity contribution in [1.29, 1.82) is 0 Å². The highest BCUT2D eigenvalue weighted by Crippen LogP contribution is 2.35. The Hall–Kier alpha value is -1.50. The molecule has 0 atom stereocenters. The van der Waals surface area contributed by atoms with Crippen LogP contribution in [0.4, 0.5) is 14.5 Å². The zero-order valence-electron chi connectivity index (χ0n) is 10.5. The van der Waals surface area contributed by atoms with E-state index in [1.165, 1.54) is 12.5 Å². The van der Waals surface area contributed by atoms with Crippen molar-refractivity contribution in [2.45, 2.75) is 31.7 Å². The molecule has 1 saturated carbocycles. The summed E-state index contributed by atoms with van der Waals surface area (Å²) in [6.45, 7) is 0.195. The molecule has 0 saturated heterocycles. The molecule has 7 heteroatoms. The van der Waals surface area contributed by atoms with E-state index in [0.29, 0.717) is 22.2 Å². The Morgan fingerprint density at radius 2 is 2.10 bits per heavy atom. The number of halogens is 3. The Labute approximate surface area is 122 Å². The first-order chi connectivity index (χ1) is 9.63. The fraction of sp³-hybridized carbons (Fsp3) is 0.385. The van der Waals surface area contributed by atoms with E-state index in [1.54, 1.807) is 0 Å². The van der Waals surface area contributed by atoms with Crippen molar-refractivity contribution < 1.29 is 13.2 Å². The molecule has 0 aliphatic heterocycles. The van der Waals surface area contributed by atoms with Crippen molar-refractivity contribution in [2.24, 2.45) is 0 Å². The molecule has 0 bridgehead atoms. The van der Waals surface area contributed by atoms with E-state index in [2.05, 4.69) is 31.4 Å². The van der Waals surface area contributed by atoms with Crippen LogP contribution in [0.1, 0.15) is 37.0 Å². The predicted molar refractivity (Wildman–Crippen MR) is 72.3 cm³/mol. The number of nitrogens with zero attached hydrogens (tertiary/aromatic N) is 2. The summed E-state index contributed by atoms with van der Waals surface area (Å²) in [6, 6.07) is 2.01. The van der Waals surface area contributed by atoms with Gasteiger partial charge in [-0.2, -0.15) is 0 Å². The lowest BCUT2D eigenvalue weighted by Gasteiger charge is -2.20. The molecule has 1 aliphatic carbocycles. The number of anilines is 1. The molecule has 2 aromatic rings. The minimum absolute atomic E-state index is 0.176. The SMILES string of the molecule is Fc1cc(F)c(NCc2nnc(C3CCC3)o2)c(Br)c1. The molecule has 3 rings (SSSR count). The molecule has 1 aliphatic rings. The minimum atomic E-state index is -0.671. The maximum atomic E-state index is 13.6. The van der Waals surface area contributed by atoms with Crippen LogP contribution in [0.25, 0.3) is 0 Å². The minimum Gasteiger partial charge on any atom is -0.423 e. The van der Waals surface area contributed by atoms with Crippen LogP contribution in [-0.4, -0.2) is 10.2 Å². The van der Waals surface area contributed by atoms with Gasteiger partial charge in [-0.05, 0) is 34.8 Å². The van der Waals surface area contributed by atoms with E-state index in [0.717, 1.165) is 18.9 Å². The first-order valence-corrected chi connectivity index (χ1v) is 7.13. The van der Waals surface area contributed by atoms with E-state index >= 15 is 0 Å². The maximum Gasteiger partial charge on any atom is 0.235 e. The summed E-state index contributed by atoms with van der Waals surface area (Å²) >= 11 is 3.11. The van der Waals surface area contributed by atoms with Gasteiger partial charge in [0.05, 0.1) is 12.2 Å². The molecule has 1 heterocycles. The van der Waals surface area contributed by atoms with Crippen molar-refractivity contribution in [3.05, 3.63) is 40.0 Å². The smallest absolute Gasteiger partial charge is 0.235 e. The van der Waals surface area contributed by atoms with Crippen LogP contribution in [0.3, 0.4) is 0 Å². The molecule has 1 aromatic heterocycles. The zero-order chi connectivity index (χ0) is 14.1. The van der Waals surface area contributed by atoms with Gasteiger partial charge < -0.3 is 9.73 Å². The van der Waals surface area contributed by atoms with Gasteiger partial charge in [0.1, 0.15) is 11.6 Å². The lowest BCUT2D eigenvalue weighted by molar-refractivity contribution is 0.326. The quantitative estimate of drug-likeness (QED) is 0.911. The summed E-state index contributed by atoms with van der Waals surface area (Å²) in [6.07, 6.45) is 3.34. The van der Waals surface area contributed by atoms with E-state index in [4.69, 9.17) is 4.42 Å². The Bertz CT molecular complexity index is 605. The zero-order valence-corrected chi connectivity index (χ0v) is 12.1. The normalized spacial score (nSPS) is 15.2. The second-order valence-corrected chi connectivity index (χ2v) is 5.61.